The first-order valence-electron chi connectivity index (χ1n) is 11.7. The number of carbonyl (C=O) groups is 1. The fourth-order valence-corrected chi connectivity index (χ4v) is 5.54. The van der Waals surface area contributed by atoms with E-state index in [0.29, 0.717) is 22.6 Å². The van der Waals surface area contributed by atoms with Gasteiger partial charge >= 0.3 is 0 Å². The minimum atomic E-state index is -1.52. The zero-order valence-electron chi connectivity index (χ0n) is 20.6. The van der Waals surface area contributed by atoms with Crippen molar-refractivity contribution in [1.82, 2.24) is 5.32 Å². The predicted molar refractivity (Wildman–Crippen MR) is 137 cm³/mol. The van der Waals surface area contributed by atoms with Crippen LogP contribution in [0.5, 0.6) is 0 Å². The van der Waals surface area contributed by atoms with Crippen molar-refractivity contribution < 1.29 is 9.90 Å². The van der Waals surface area contributed by atoms with Gasteiger partial charge in [0.1, 0.15) is 11.4 Å². The molecule has 0 spiro atoms. The van der Waals surface area contributed by atoms with E-state index in [1.54, 1.807) is 6.92 Å². The number of para-hydroxylation sites is 2. The molecule has 2 heterocycles. The van der Waals surface area contributed by atoms with E-state index < -0.39 is 16.7 Å². The summed E-state index contributed by atoms with van der Waals surface area (Å²) in [4.78, 5) is 21.4. The van der Waals surface area contributed by atoms with Gasteiger partial charge in [0, 0.05) is 22.2 Å². The maximum absolute atomic E-state index is 14.4. The Bertz CT molecular complexity index is 1330. The lowest BCUT2D eigenvalue weighted by atomic mass is 9.71. The van der Waals surface area contributed by atoms with E-state index in [2.05, 4.69) is 37.4 Å². The number of amidine groups is 1. The number of anilines is 1. The first kappa shape index (κ1) is 22.4. The Morgan fingerprint density at radius 1 is 0.941 bits per heavy atom. The summed E-state index contributed by atoms with van der Waals surface area (Å²) in [6, 6.07) is 21.6. The van der Waals surface area contributed by atoms with Gasteiger partial charge in [-0.2, -0.15) is 0 Å². The van der Waals surface area contributed by atoms with Gasteiger partial charge in [0.2, 0.25) is 0 Å². The number of hydrogen-bond donors (Lipinski definition) is 2. The molecule has 0 aromatic heterocycles. The van der Waals surface area contributed by atoms with Crippen LogP contribution < -0.4 is 10.2 Å². The van der Waals surface area contributed by atoms with Crippen LogP contribution in [0.1, 0.15) is 55.5 Å². The lowest BCUT2D eigenvalue weighted by molar-refractivity contribution is -0.138. The molecule has 5 nitrogen and oxygen atoms in total. The average Bonchev–Trinajstić information content (AvgIpc) is 2.97. The number of fused-ring (bicyclic) bond motifs is 5. The smallest absolute Gasteiger partial charge is 0.254 e. The molecular formula is C29H31N3O2. The van der Waals surface area contributed by atoms with Crippen LogP contribution in [0, 0.1) is 13.8 Å². The Kier molecular flexibility index (Phi) is 4.79. The van der Waals surface area contributed by atoms with Crippen molar-refractivity contribution in [3.05, 3.63) is 94.5 Å². The minimum absolute atomic E-state index is 0.259. The van der Waals surface area contributed by atoms with Crippen LogP contribution in [0.3, 0.4) is 0 Å². The van der Waals surface area contributed by atoms with Gasteiger partial charge in [0.05, 0.1) is 11.4 Å². The van der Waals surface area contributed by atoms with Gasteiger partial charge in [-0.3, -0.25) is 4.79 Å². The first-order chi connectivity index (χ1) is 16.0. The second-order valence-corrected chi connectivity index (χ2v) is 10.7. The first-order valence-corrected chi connectivity index (χ1v) is 11.7. The maximum Gasteiger partial charge on any atom is 0.254 e. The van der Waals surface area contributed by atoms with Crippen LogP contribution in [0.15, 0.2) is 71.7 Å². The summed E-state index contributed by atoms with van der Waals surface area (Å²) in [5.41, 5.74) is 2.54. The molecule has 0 aliphatic carbocycles. The van der Waals surface area contributed by atoms with Crippen LogP contribution in [0.25, 0.3) is 0 Å². The zero-order valence-corrected chi connectivity index (χ0v) is 20.6. The standard InChI is InChI=1S/C29H31N3O2/c1-18-15-19(2)17-20(16-18)25-30-23-13-9-7-11-21(23)29(26(33)31-27(3,4)5)28(6,34)22-12-8-10-14-24(22)32(25)29/h7-17,34H,1-6H3,(H,31,33). The topological polar surface area (TPSA) is 64.9 Å². The van der Waals surface area contributed by atoms with Crippen LogP contribution >= 0.6 is 0 Å². The van der Waals surface area contributed by atoms with E-state index in [1.165, 1.54) is 0 Å². The Balaban J connectivity index is 1.91. The van der Waals surface area contributed by atoms with Crippen molar-refractivity contribution in [3.8, 4) is 0 Å². The highest BCUT2D eigenvalue weighted by Crippen LogP contribution is 2.59. The molecule has 2 aliphatic heterocycles. The molecule has 3 aromatic carbocycles. The molecule has 3 aromatic rings. The van der Waals surface area contributed by atoms with Crippen molar-refractivity contribution in [3.63, 3.8) is 0 Å². The molecule has 174 valence electrons. The fraction of sp³-hybridized carbons (Fsp3) is 0.310. The molecular weight excluding hydrogens is 422 g/mol. The number of amides is 1. The number of benzene rings is 3. The number of aryl methyl sites for hydroxylation is 2. The minimum Gasteiger partial charge on any atom is -0.382 e. The van der Waals surface area contributed by atoms with Crippen LogP contribution in [-0.4, -0.2) is 22.4 Å². The number of hydrogen-bond acceptors (Lipinski definition) is 4. The zero-order chi connectivity index (χ0) is 24.5. The molecule has 2 unspecified atom stereocenters. The third-order valence-electron chi connectivity index (χ3n) is 6.74. The third-order valence-corrected chi connectivity index (χ3v) is 6.74. The second-order valence-electron chi connectivity index (χ2n) is 10.7. The largest absolute Gasteiger partial charge is 0.382 e. The monoisotopic (exact) mass is 453 g/mol. The molecule has 1 amide bonds. The SMILES string of the molecule is Cc1cc(C)cc(C2=Nc3ccccc3C3(C(=O)NC(C)(C)C)N2c2ccccc2C3(C)O)c1. The summed E-state index contributed by atoms with van der Waals surface area (Å²) in [6.07, 6.45) is 0. The van der Waals surface area contributed by atoms with Gasteiger partial charge in [0.25, 0.3) is 5.91 Å². The van der Waals surface area contributed by atoms with Crippen LogP contribution in [0.2, 0.25) is 0 Å². The highest BCUT2D eigenvalue weighted by molar-refractivity contribution is 6.20. The lowest BCUT2D eigenvalue weighted by Crippen LogP contribution is -2.67. The van der Waals surface area contributed by atoms with E-state index in [4.69, 9.17) is 4.99 Å². The molecule has 5 rings (SSSR count). The number of rotatable bonds is 2. The number of carbonyl (C=O) groups excluding carboxylic acids is 1. The second kappa shape index (κ2) is 7.28. The number of aliphatic hydroxyl groups is 1. The molecule has 0 saturated carbocycles. The van der Waals surface area contributed by atoms with Crippen molar-refractivity contribution in [2.24, 2.45) is 4.99 Å². The molecule has 0 radical (unpaired) electrons. The van der Waals surface area contributed by atoms with Crippen molar-refractivity contribution in [1.29, 1.82) is 0 Å². The molecule has 2 N–H and O–H groups in total. The van der Waals surface area contributed by atoms with Crippen molar-refractivity contribution in [2.75, 3.05) is 4.90 Å². The molecule has 5 heteroatoms. The van der Waals surface area contributed by atoms with Crippen LogP contribution in [-0.2, 0) is 15.9 Å². The quantitative estimate of drug-likeness (QED) is 0.558. The number of nitrogens with one attached hydrogen (secondary N) is 1. The van der Waals surface area contributed by atoms with Gasteiger partial charge < -0.3 is 15.3 Å². The van der Waals surface area contributed by atoms with E-state index >= 15 is 0 Å². The predicted octanol–water partition coefficient (Wildman–Crippen LogP) is 5.23. The van der Waals surface area contributed by atoms with E-state index in [9.17, 15) is 9.90 Å². The summed E-state index contributed by atoms with van der Waals surface area (Å²) in [7, 11) is 0. The molecule has 2 atom stereocenters. The molecule has 2 aliphatic rings. The lowest BCUT2D eigenvalue weighted by Gasteiger charge is -2.49. The number of aliphatic imine (C=N–C) groups is 1. The summed E-state index contributed by atoms with van der Waals surface area (Å²) in [5.74, 6) is 0.394. The van der Waals surface area contributed by atoms with Gasteiger partial charge in [-0.05, 0) is 65.8 Å². The van der Waals surface area contributed by atoms with Gasteiger partial charge in [0.15, 0.2) is 5.54 Å². The summed E-state index contributed by atoms with van der Waals surface area (Å²) >= 11 is 0. The van der Waals surface area contributed by atoms with E-state index in [1.807, 2.05) is 74.2 Å². The number of nitrogens with zero attached hydrogens (tertiary/aromatic N) is 2. The summed E-state index contributed by atoms with van der Waals surface area (Å²) in [6.45, 7) is 11.7. The Morgan fingerprint density at radius 3 is 2.18 bits per heavy atom. The third kappa shape index (κ3) is 3.03. The van der Waals surface area contributed by atoms with Crippen LogP contribution in [0.4, 0.5) is 11.4 Å². The highest BCUT2D eigenvalue weighted by atomic mass is 16.3. The molecule has 0 bridgehead atoms. The van der Waals surface area contributed by atoms with Crippen molar-refractivity contribution in [2.45, 2.75) is 58.2 Å². The summed E-state index contributed by atoms with van der Waals surface area (Å²) < 4.78 is 0. The Labute approximate surface area is 201 Å². The fourth-order valence-electron chi connectivity index (χ4n) is 5.54. The normalized spacial score (nSPS) is 23.0. The van der Waals surface area contributed by atoms with Gasteiger partial charge in [-0.15, -0.1) is 0 Å². The average molecular weight is 454 g/mol. The van der Waals surface area contributed by atoms with Crippen molar-refractivity contribution >= 4 is 23.1 Å². The maximum atomic E-state index is 14.4. The highest BCUT2D eigenvalue weighted by Gasteiger charge is 2.68. The van der Waals surface area contributed by atoms with Gasteiger partial charge in [-0.1, -0.05) is 53.6 Å². The van der Waals surface area contributed by atoms with E-state index in [0.717, 1.165) is 22.4 Å². The molecule has 0 saturated heterocycles. The van der Waals surface area contributed by atoms with Gasteiger partial charge in [-0.25, -0.2) is 4.99 Å². The Morgan fingerprint density at radius 2 is 1.53 bits per heavy atom. The van der Waals surface area contributed by atoms with E-state index in [-0.39, 0.29) is 5.91 Å². The molecule has 0 fully saturated rings. The Hall–Kier alpha value is -3.44. The molecule has 34 heavy (non-hydrogen) atoms. The summed E-state index contributed by atoms with van der Waals surface area (Å²) in [5, 5.41) is 15.5.